The lowest BCUT2D eigenvalue weighted by molar-refractivity contribution is -0.147. The van der Waals surface area contributed by atoms with Crippen LogP contribution in [0.5, 0.6) is 0 Å². The third-order valence-corrected chi connectivity index (χ3v) is 13.7. The molecule has 5 rings (SSSR count). The molecule has 2 aliphatic heterocycles. The first-order valence-corrected chi connectivity index (χ1v) is 23.8. The van der Waals surface area contributed by atoms with E-state index in [2.05, 4.69) is 28.1 Å². The van der Waals surface area contributed by atoms with E-state index < -0.39 is 64.5 Å². The molecule has 0 radical (unpaired) electrons. The van der Waals surface area contributed by atoms with Crippen molar-refractivity contribution in [3.63, 3.8) is 0 Å². The molecule has 6 amide bonds. The normalized spacial score (nSPS) is 21.5. The molecule has 3 N–H and O–H groups in total. The predicted molar refractivity (Wildman–Crippen MR) is 254 cm³/mol. The molecule has 1 aliphatic carbocycles. The SMILES string of the molecule is CC[C@@H](C)C(=O)N[C@H](C(=O)N1Cc2cc(C3C[C@@H](C(C)=O)N(C(=O)[C@@H](NC(=O)[C@H](C)N(C)C(=O)OC(C)(C)C)C(C)(C)C)C3)ccc2C[C@H]1C(=O)NC1CCCc2ccccc21)C(C)(C)C. The zero-order valence-corrected chi connectivity index (χ0v) is 41.9. The molecule has 14 nitrogen and oxygen atoms in total. The number of nitrogens with one attached hydrogen (secondary N) is 3. The molecule has 1 fully saturated rings. The van der Waals surface area contributed by atoms with Crippen molar-refractivity contribution in [2.75, 3.05) is 13.6 Å². The molecule has 0 saturated carbocycles. The number of amides is 6. The summed E-state index contributed by atoms with van der Waals surface area (Å²) in [6.45, 7) is 23.6. The van der Waals surface area contributed by atoms with Crippen LogP contribution in [0, 0.1) is 16.7 Å². The molecule has 8 atom stereocenters. The minimum absolute atomic E-state index is 0.118. The number of aryl methyl sites for hydroxylation is 1. The third-order valence-electron chi connectivity index (χ3n) is 13.7. The molecule has 0 spiro atoms. The van der Waals surface area contributed by atoms with Crippen molar-refractivity contribution in [2.24, 2.45) is 16.7 Å². The second kappa shape index (κ2) is 20.3. The van der Waals surface area contributed by atoms with Crippen molar-refractivity contribution in [1.29, 1.82) is 0 Å². The van der Waals surface area contributed by atoms with Gasteiger partial charge in [0.15, 0.2) is 5.78 Å². The highest BCUT2D eigenvalue weighted by atomic mass is 16.6. The smallest absolute Gasteiger partial charge is 0.410 e. The maximum absolute atomic E-state index is 15.0. The quantitative estimate of drug-likeness (QED) is 0.209. The number of likely N-dealkylation sites (tertiary alicyclic amines) is 1. The van der Waals surface area contributed by atoms with Gasteiger partial charge in [-0.05, 0) is 105 Å². The van der Waals surface area contributed by atoms with Gasteiger partial charge in [-0.1, -0.05) is 97.9 Å². The van der Waals surface area contributed by atoms with Gasteiger partial charge in [-0.15, -0.1) is 0 Å². The Morgan fingerprint density at radius 3 is 1.98 bits per heavy atom. The van der Waals surface area contributed by atoms with Crippen LogP contribution in [-0.4, -0.2) is 106 Å². The van der Waals surface area contributed by atoms with E-state index in [1.807, 2.05) is 85.7 Å². The predicted octanol–water partition coefficient (Wildman–Crippen LogP) is 6.77. The van der Waals surface area contributed by atoms with Gasteiger partial charge in [0.2, 0.25) is 29.5 Å². The van der Waals surface area contributed by atoms with E-state index in [4.69, 9.17) is 4.74 Å². The Hall–Kier alpha value is -5.27. The lowest BCUT2D eigenvalue weighted by Crippen LogP contribution is -2.61. The van der Waals surface area contributed by atoms with Crippen molar-refractivity contribution in [2.45, 2.75) is 183 Å². The number of benzene rings is 2. The number of hydrogen-bond donors (Lipinski definition) is 3. The van der Waals surface area contributed by atoms with Gasteiger partial charge < -0.3 is 30.5 Å². The van der Waals surface area contributed by atoms with Crippen LogP contribution in [0.3, 0.4) is 0 Å². The number of ether oxygens (including phenoxy) is 1. The maximum atomic E-state index is 15.0. The summed E-state index contributed by atoms with van der Waals surface area (Å²) in [7, 11) is 1.47. The summed E-state index contributed by atoms with van der Waals surface area (Å²) in [5.41, 5.74) is 2.74. The fourth-order valence-corrected chi connectivity index (χ4v) is 9.23. The second-order valence-electron chi connectivity index (χ2n) is 22.1. The first-order chi connectivity index (χ1) is 30.6. The molecule has 3 aliphatic rings. The van der Waals surface area contributed by atoms with Crippen LogP contribution >= 0.6 is 0 Å². The summed E-state index contributed by atoms with van der Waals surface area (Å²) in [4.78, 5) is 102. The van der Waals surface area contributed by atoms with Gasteiger partial charge in [-0.25, -0.2) is 4.79 Å². The summed E-state index contributed by atoms with van der Waals surface area (Å²) in [5.74, 6) is -2.49. The van der Waals surface area contributed by atoms with E-state index in [0.717, 1.165) is 41.5 Å². The lowest BCUT2D eigenvalue weighted by Gasteiger charge is -2.42. The Balaban J connectivity index is 1.44. The summed E-state index contributed by atoms with van der Waals surface area (Å²) in [5, 5.41) is 9.25. The maximum Gasteiger partial charge on any atom is 0.410 e. The Morgan fingerprint density at radius 2 is 1.39 bits per heavy atom. The van der Waals surface area contributed by atoms with Crippen LogP contribution in [0.2, 0.25) is 0 Å². The first kappa shape index (κ1) is 51.7. The van der Waals surface area contributed by atoms with Gasteiger partial charge in [0, 0.05) is 38.4 Å². The van der Waals surface area contributed by atoms with Crippen molar-refractivity contribution in [3.05, 3.63) is 70.3 Å². The molecule has 0 bridgehead atoms. The van der Waals surface area contributed by atoms with Crippen molar-refractivity contribution in [1.82, 2.24) is 30.7 Å². The summed E-state index contributed by atoms with van der Waals surface area (Å²) in [6.07, 6.45) is 3.21. The van der Waals surface area contributed by atoms with E-state index in [1.54, 1.807) is 37.5 Å². The molecule has 66 heavy (non-hydrogen) atoms. The van der Waals surface area contributed by atoms with Crippen LogP contribution in [-0.2, 0) is 52.9 Å². The first-order valence-electron chi connectivity index (χ1n) is 23.8. The van der Waals surface area contributed by atoms with Gasteiger partial charge in [0.05, 0.1) is 12.1 Å². The van der Waals surface area contributed by atoms with Crippen molar-refractivity contribution >= 4 is 41.4 Å². The number of carbonyl (C=O) groups excluding carboxylic acids is 7. The molecule has 2 unspecified atom stereocenters. The average molecular weight is 913 g/mol. The summed E-state index contributed by atoms with van der Waals surface area (Å²) < 4.78 is 5.46. The summed E-state index contributed by atoms with van der Waals surface area (Å²) >= 11 is 0. The number of ketones is 1. The fraction of sp³-hybridized carbons (Fsp3) is 0.635. The number of hydrogen-bond acceptors (Lipinski definition) is 8. The summed E-state index contributed by atoms with van der Waals surface area (Å²) in [6, 6.07) is 9.48. The third kappa shape index (κ3) is 12.0. The lowest BCUT2D eigenvalue weighted by atomic mass is 9.83. The topological polar surface area (TPSA) is 175 Å². The van der Waals surface area contributed by atoms with Crippen LogP contribution in [0.25, 0.3) is 0 Å². The van der Waals surface area contributed by atoms with Gasteiger partial charge in [0.1, 0.15) is 29.8 Å². The highest BCUT2D eigenvalue weighted by molar-refractivity contribution is 5.95. The average Bonchev–Trinajstić information content (AvgIpc) is 3.70. The minimum atomic E-state index is -1.02. The number of carbonyl (C=O) groups is 7. The Kier molecular flexibility index (Phi) is 15.9. The highest BCUT2D eigenvalue weighted by Gasteiger charge is 2.46. The monoisotopic (exact) mass is 913 g/mol. The zero-order valence-electron chi connectivity index (χ0n) is 41.9. The standard InChI is InChI=1S/C52H76N6O8/c1-15-30(2)44(60)54-42(50(5,6)7)48(64)58-28-36-25-34(23-24-35(36)26-41(58)46(62)53-39-22-18-20-33-19-16-17-21-38(33)39)37-27-40(32(4)59)57(29-37)47(63)43(51(8,9)10)55-45(61)31(3)56(14)49(65)66-52(11,12)13/h16-17,19,21,23-25,30-31,37,39-43H,15,18,20,22,26-29H2,1-14H3,(H,53,62)(H,54,60)(H,55,61)/t30-,31+,37?,39?,40+,41+,42-,43-/m1/s1. The zero-order chi connectivity index (χ0) is 49.2. The van der Waals surface area contributed by atoms with Crippen LogP contribution in [0.15, 0.2) is 42.5 Å². The number of fused-ring (bicyclic) bond motifs is 2. The second-order valence-corrected chi connectivity index (χ2v) is 22.1. The van der Waals surface area contributed by atoms with E-state index in [-0.39, 0.29) is 60.9 Å². The fourth-order valence-electron chi connectivity index (χ4n) is 9.23. The Bertz CT molecular complexity index is 2170. The molecule has 362 valence electrons. The molecule has 2 aromatic carbocycles. The minimum Gasteiger partial charge on any atom is -0.444 e. The van der Waals surface area contributed by atoms with Crippen LogP contribution in [0.1, 0.15) is 155 Å². The van der Waals surface area contributed by atoms with E-state index in [0.29, 0.717) is 12.8 Å². The molecular weight excluding hydrogens is 837 g/mol. The van der Waals surface area contributed by atoms with Gasteiger partial charge in [0.25, 0.3) is 0 Å². The largest absolute Gasteiger partial charge is 0.444 e. The van der Waals surface area contributed by atoms with Crippen LogP contribution < -0.4 is 16.0 Å². The highest BCUT2D eigenvalue weighted by Crippen LogP contribution is 2.38. The molecule has 2 heterocycles. The molecule has 0 aromatic heterocycles. The number of nitrogens with zero attached hydrogens (tertiary/aromatic N) is 3. The molecule has 1 saturated heterocycles. The van der Waals surface area contributed by atoms with Crippen LogP contribution in [0.4, 0.5) is 4.79 Å². The molecular formula is C52H76N6O8. The number of likely N-dealkylation sites (N-methyl/N-ethyl adjacent to an activating group) is 1. The van der Waals surface area contributed by atoms with E-state index >= 15 is 0 Å². The number of rotatable bonds is 12. The molecule has 14 heteroatoms. The van der Waals surface area contributed by atoms with Gasteiger partial charge in [-0.3, -0.25) is 33.7 Å². The van der Waals surface area contributed by atoms with Gasteiger partial charge in [-0.2, -0.15) is 0 Å². The Morgan fingerprint density at radius 1 is 0.788 bits per heavy atom. The Labute approximate surface area is 392 Å². The van der Waals surface area contributed by atoms with Crippen molar-refractivity contribution < 1.29 is 38.3 Å². The van der Waals surface area contributed by atoms with Crippen molar-refractivity contribution in [3.8, 4) is 0 Å². The van der Waals surface area contributed by atoms with E-state index in [9.17, 15) is 33.6 Å². The number of Topliss-reactive ketones (excluding diaryl/α,β-unsaturated/α-hetero) is 1. The van der Waals surface area contributed by atoms with E-state index in [1.165, 1.54) is 24.4 Å². The van der Waals surface area contributed by atoms with Gasteiger partial charge >= 0.3 is 6.09 Å². The molecule has 2 aromatic rings.